The lowest BCUT2D eigenvalue weighted by Gasteiger charge is -2.47. The Balaban J connectivity index is 1.76. The van der Waals surface area contributed by atoms with Gasteiger partial charge >= 0.3 is 5.97 Å². The Hall–Kier alpha value is -3.25. The van der Waals surface area contributed by atoms with Crippen molar-refractivity contribution in [3.63, 3.8) is 0 Å². The van der Waals surface area contributed by atoms with Crippen LogP contribution >= 0.6 is 11.3 Å². The maximum atomic E-state index is 12.6. The number of fused-ring (bicyclic) bond motifs is 1. The molecule has 11 nitrogen and oxygen atoms in total. The fraction of sp³-hybridized carbons (Fsp3) is 0.267. The number of nitrogen functional groups attached to an aromatic ring is 1. The first-order valence-corrected chi connectivity index (χ1v) is 8.53. The molecule has 0 bridgehead atoms. The van der Waals surface area contributed by atoms with Crippen molar-refractivity contribution in [1.29, 1.82) is 0 Å². The number of amides is 2. The molecule has 0 saturated carbocycles. The number of hydrogen-bond donors (Lipinski definition) is 3. The lowest BCUT2D eigenvalue weighted by Crippen LogP contribution is -2.72. The first kappa shape index (κ1) is 18.5. The molecule has 4 N–H and O–H groups in total. The van der Waals surface area contributed by atoms with Crippen molar-refractivity contribution < 1.29 is 29.1 Å². The van der Waals surface area contributed by atoms with Crippen LogP contribution < -0.4 is 11.1 Å². The molecule has 27 heavy (non-hydrogen) atoms. The third kappa shape index (κ3) is 3.52. The molecule has 0 spiro atoms. The van der Waals surface area contributed by atoms with Gasteiger partial charge in [-0.15, -0.1) is 11.3 Å². The maximum Gasteiger partial charge on any atom is 0.352 e. The molecule has 1 aromatic rings. The number of β-lactam (4-membered cyclic amide) rings is 1. The van der Waals surface area contributed by atoms with Crippen molar-refractivity contribution in [3.05, 3.63) is 35.5 Å². The van der Waals surface area contributed by atoms with Gasteiger partial charge in [0.1, 0.15) is 18.0 Å². The number of rotatable bonds is 7. The molecular formula is C15H15N5O6S. The van der Waals surface area contributed by atoms with E-state index in [-0.39, 0.29) is 35.4 Å². The molecule has 2 aliphatic rings. The minimum atomic E-state index is -1.25. The van der Waals surface area contributed by atoms with E-state index in [9.17, 15) is 14.4 Å². The Morgan fingerprint density at radius 2 is 2.41 bits per heavy atom. The molecular weight excluding hydrogens is 378 g/mol. The number of carbonyl (C=O) groups is 3. The van der Waals surface area contributed by atoms with E-state index >= 15 is 0 Å². The topological polar surface area (TPSA) is 156 Å². The number of oxime groups is 1. The molecule has 3 rings (SSSR count). The van der Waals surface area contributed by atoms with Crippen molar-refractivity contribution in [2.75, 3.05) is 18.9 Å². The lowest BCUT2D eigenvalue weighted by atomic mass is 10.0. The monoisotopic (exact) mass is 393 g/mol. The molecule has 12 heteroatoms. The Kier molecular flexibility index (Phi) is 5.19. The highest BCUT2D eigenvalue weighted by Crippen LogP contribution is 2.29. The van der Waals surface area contributed by atoms with Crippen molar-refractivity contribution in [1.82, 2.24) is 15.2 Å². The molecule has 2 atom stereocenters. The maximum absolute atomic E-state index is 12.6. The van der Waals surface area contributed by atoms with E-state index in [1.165, 1.54) is 17.5 Å². The standard InChI is InChI=1S/C15H15N5O6S/c1-2-4-26-19-9(7-6-27-15(16)17-7)11(21)18-10-12(22)20-8(14(23)24)3-5-25-13(10)20/h2-3,6,10,13H,1,4-5H2,(H2,16,17)(H,18,21)(H,23,24)/b19-9-/t10-,13-/m1/s1. The van der Waals surface area contributed by atoms with Gasteiger partial charge in [0.25, 0.3) is 11.8 Å². The summed E-state index contributed by atoms with van der Waals surface area (Å²) < 4.78 is 5.36. The largest absolute Gasteiger partial charge is 0.477 e. The molecule has 0 aromatic carbocycles. The fourth-order valence-corrected chi connectivity index (χ4v) is 3.05. The summed E-state index contributed by atoms with van der Waals surface area (Å²) in [6, 6.07) is -1.05. The molecule has 1 fully saturated rings. The van der Waals surface area contributed by atoms with Gasteiger partial charge in [-0.2, -0.15) is 0 Å². The smallest absolute Gasteiger partial charge is 0.352 e. The van der Waals surface area contributed by atoms with Crippen molar-refractivity contribution in [2.24, 2.45) is 5.16 Å². The van der Waals surface area contributed by atoms with E-state index in [4.69, 9.17) is 20.4 Å². The summed E-state index contributed by atoms with van der Waals surface area (Å²) in [6.45, 7) is 3.55. The summed E-state index contributed by atoms with van der Waals surface area (Å²) >= 11 is 1.11. The molecule has 1 aromatic heterocycles. The number of carboxylic acid groups (broad SMARTS) is 1. The van der Waals surface area contributed by atoms with E-state index in [1.54, 1.807) is 0 Å². The number of nitrogens with one attached hydrogen (secondary N) is 1. The van der Waals surface area contributed by atoms with Gasteiger partial charge < -0.3 is 25.7 Å². The van der Waals surface area contributed by atoms with Crippen LogP contribution in [0.15, 0.2) is 35.0 Å². The van der Waals surface area contributed by atoms with Crippen LogP contribution in [0.2, 0.25) is 0 Å². The van der Waals surface area contributed by atoms with Crippen molar-refractivity contribution >= 4 is 40.0 Å². The van der Waals surface area contributed by atoms with Crippen LogP contribution in [0, 0.1) is 0 Å². The van der Waals surface area contributed by atoms with Crippen LogP contribution in [0.1, 0.15) is 5.69 Å². The average molecular weight is 393 g/mol. The lowest BCUT2D eigenvalue weighted by molar-refractivity contribution is -0.183. The highest BCUT2D eigenvalue weighted by molar-refractivity contribution is 7.13. The summed E-state index contributed by atoms with van der Waals surface area (Å²) in [5.74, 6) is -2.59. The van der Waals surface area contributed by atoms with Crippen LogP contribution in [-0.2, 0) is 24.0 Å². The van der Waals surface area contributed by atoms with Gasteiger partial charge in [0.05, 0.1) is 6.61 Å². The number of nitrogens with two attached hydrogens (primary N) is 1. The number of aromatic nitrogens is 1. The molecule has 0 radical (unpaired) electrons. The number of hydrogen-bond acceptors (Lipinski definition) is 9. The number of aliphatic carboxylic acids is 1. The van der Waals surface area contributed by atoms with Crippen molar-refractivity contribution in [3.8, 4) is 0 Å². The quantitative estimate of drug-likeness (QED) is 0.180. The van der Waals surface area contributed by atoms with Gasteiger partial charge in [0.2, 0.25) is 0 Å². The van der Waals surface area contributed by atoms with Crippen LogP contribution in [0.3, 0.4) is 0 Å². The number of anilines is 1. The Bertz CT molecular complexity index is 863. The Morgan fingerprint density at radius 3 is 3.04 bits per heavy atom. The molecule has 0 aliphatic carbocycles. The second kappa shape index (κ2) is 7.55. The second-order valence-electron chi connectivity index (χ2n) is 5.37. The van der Waals surface area contributed by atoms with Gasteiger partial charge in [-0.25, -0.2) is 9.78 Å². The first-order valence-electron chi connectivity index (χ1n) is 7.65. The van der Waals surface area contributed by atoms with E-state index in [0.717, 1.165) is 16.2 Å². The van der Waals surface area contributed by atoms with E-state index < -0.39 is 30.1 Å². The van der Waals surface area contributed by atoms with Gasteiger partial charge in [0, 0.05) is 5.38 Å². The summed E-state index contributed by atoms with van der Waals surface area (Å²) in [4.78, 5) is 46.0. The van der Waals surface area contributed by atoms with Gasteiger partial charge in [-0.3, -0.25) is 14.5 Å². The normalized spacial score (nSPS) is 21.6. The van der Waals surface area contributed by atoms with Crippen molar-refractivity contribution in [2.45, 2.75) is 12.3 Å². The highest BCUT2D eigenvalue weighted by Gasteiger charge is 2.53. The number of nitrogens with zero attached hydrogens (tertiary/aromatic N) is 3. The summed E-state index contributed by atoms with van der Waals surface area (Å²) in [5.41, 5.74) is 5.40. The third-order valence-electron chi connectivity index (χ3n) is 3.68. The zero-order chi connectivity index (χ0) is 19.6. The molecule has 1 saturated heterocycles. The molecule has 2 aliphatic heterocycles. The van der Waals surface area contributed by atoms with Crippen LogP contribution in [0.4, 0.5) is 5.13 Å². The third-order valence-corrected chi connectivity index (χ3v) is 4.35. The molecule has 0 unspecified atom stereocenters. The minimum Gasteiger partial charge on any atom is -0.477 e. The second-order valence-corrected chi connectivity index (χ2v) is 6.26. The van der Waals surface area contributed by atoms with E-state index in [1.807, 2.05) is 0 Å². The number of thiazole rings is 1. The van der Waals surface area contributed by atoms with Gasteiger partial charge in [-0.05, 0) is 6.08 Å². The molecule has 2 amide bonds. The van der Waals surface area contributed by atoms with Crippen LogP contribution in [-0.4, -0.2) is 64.0 Å². The van der Waals surface area contributed by atoms with E-state index in [0.29, 0.717) is 0 Å². The zero-order valence-electron chi connectivity index (χ0n) is 13.8. The van der Waals surface area contributed by atoms with Gasteiger partial charge in [0.15, 0.2) is 23.1 Å². The summed E-state index contributed by atoms with van der Waals surface area (Å²) in [6.07, 6.45) is 1.81. The molecule has 3 heterocycles. The number of carbonyl (C=O) groups excluding carboxylic acids is 2. The zero-order valence-corrected chi connectivity index (χ0v) is 14.6. The van der Waals surface area contributed by atoms with Crippen LogP contribution in [0.25, 0.3) is 0 Å². The average Bonchev–Trinajstić information content (AvgIpc) is 3.08. The Morgan fingerprint density at radius 1 is 1.63 bits per heavy atom. The summed E-state index contributed by atoms with van der Waals surface area (Å²) in [5, 5.41) is 17.1. The first-order chi connectivity index (χ1) is 12.9. The molecule has 142 valence electrons. The summed E-state index contributed by atoms with van der Waals surface area (Å²) in [7, 11) is 0. The fourth-order valence-electron chi connectivity index (χ4n) is 2.50. The SMILES string of the molecule is C=CCO/N=C(\C(=O)N[C@@H]1C(=O)N2C(C(=O)O)=CCO[C@H]12)c1csc(N)n1. The minimum absolute atomic E-state index is 0.00840. The van der Waals surface area contributed by atoms with Gasteiger partial charge in [-0.1, -0.05) is 17.8 Å². The number of ether oxygens (including phenoxy) is 1. The van der Waals surface area contributed by atoms with E-state index in [2.05, 4.69) is 22.0 Å². The van der Waals surface area contributed by atoms with Crippen LogP contribution in [0.5, 0.6) is 0 Å². The Labute approximate surface area is 156 Å². The predicted molar refractivity (Wildman–Crippen MR) is 93.4 cm³/mol. The highest BCUT2D eigenvalue weighted by atomic mass is 32.1. The number of carboxylic acids is 1. The predicted octanol–water partition coefficient (Wildman–Crippen LogP) is -0.716.